The maximum atomic E-state index is 9.58. The molecule has 1 aliphatic rings. The molecule has 2 N–H and O–H groups in total. The Morgan fingerprint density at radius 3 is 2.28 bits per heavy atom. The number of aliphatic hydroxyl groups is 1. The first-order valence-electron chi connectivity index (χ1n) is 7.11. The molecule has 2 rings (SSSR count). The molecule has 3 atom stereocenters. The summed E-state index contributed by atoms with van der Waals surface area (Å²) in [4.78, 5) is 0. The van der Waals surface area contributed by atoms with E-state index in [1.165, 1.54) is 24.8 Å². The highest BCUT2D eigenvalue weighted by molar-refractivity contribution is 5.19. The Morgan fingerprint density at radius 2 is 1.72 bits per heavy atom. The molecular weight excluding hydrogens is 222 g/mol. The number of hydrogen-bond donors (Lipinski definition) is 2. The number of aliphatic hydroxyl groups excluding tert-OH is 1. The largest absolute Gasteiger partial charge is 0.394 e. The minimum atomic E-state index is 0.0775. The van der Waals surface area contributed by atoms with Gasteiger partial charge < -0.3 is 10.4 Å². The highest BCUT2D eigenvalue weighted by Crippen LogP contribution is 2.29. The van der Waals surface area contributed by atoms with Crippen LogP contribution in [0.1, 0.15) is 44.7 Å². The SMILES string of the molecule is CC1CC(C)CC(NC(CO)c2ccccc2)C1. The van der Waals surface area contributed by atoms with Crippen molar-refractivity contribution in [3.63, 3.8) is 0 Å². The third kappa shape index (κ3) is 3.56. The van der Waals surface area contributed by atoms with E-state index in [1.807, 2.05) is 18.2 Å². The minimum Gasteiger partial charge on any atom is -0.394 e. The third-order valence-corrected chi connectivity index (χ3v) is 4.00. The molecule has 1 saturated carbocycles. The lowest BCUT2D eigenvalue weighted by atomic mass is 9.80. The highest BCUT2D eigenvalue weighted by Gasteiger charge is 2.25. The van der Waals surface area contributed by atoms with E-state index in [-0.39, 0.29) is 12.6 Å². The average Bonchev–Trinajstić information content (AvgIpc) is 2.36. The summed E-state index contributed by atoms with van der Waals surface area (Å²) in [7, 11) is 0. The van der Waals surface area contributed by atoms with Crippen molar-refractivity contribution in [3.05, 3.63) is 35.9 Å². The fourth-order valence-electron chi connectivity index (χ4n) is 3.31. The smallest absolute Gasteiger partial charge is 0.0626 e. The molecule has 18 heavy (non-hydrogen) atoms. The second kappa shape index (κ2) is 6.35. The van der Waals surface area contributed by atoms with Gasteiger partial charge in [-0.15, -0.1) is 0 Å². The zero-order valence-electron chi connectivity index (χ0n) is 11.5. The Balaban J connectivity index is 1.98. The van der Waals surface area contributed by atoms with Gasteiger partial charge in [-0.05, 0) is 36.7 Å². The lowest BCUT2D eigenvalue weighted by Gasteiger charge is -2.34. The zero-order valence-corrected chi connectivity index (χ0v) is 11.5. The Morgan fingerprint density at radius 1 is 1.11 bits per heavy atom. The molecule has 0 radical (unpaired) electrons. The Kier molecular flexibility index (Phi) is 4.79. The molecule has 1 fully saturated rings. The number of hydrogen-bond acceptors (Lipinski definition) is 2. The second-order valence-corrected chi connectivity index (χ2v) is 5.93. The van der Waals surface area contributed by atoms with Gasteiger partial charge in [0.25, 0.3) is 0 Å². The summed E-state index contributed by atoms with van der Waals surface area (Å²) >= 11 is 0. The van der Waals surface area contributed by atoms with Gasteiger partial charge >= 0.3 is 0 Å². The molecule has 0 heterocycles. The molecule has 1 aromatic carbocycles. The second-order valence-electron chi connectivity index (χ2n) is 5.93. The van der Waals surface area contributed by atoms with Crippen molar-refractivity contribution >= 4 is 0 Å². The average molecular weight is 247 g/mol. The van der Waals surface area contributed by atoms with Gasteiger partial charge in [-0.1, -0.05) is 44.2 Å². The van der Waals surface area contributed by atoms with Crippen LogP contribution < -0.4 is 5.32 Å². The van der Waals surface area contributed by atoms with Crippen LogP contribution in [0.5, 0.6) is 0 Å². The van der Waals surface area contributed by atoms with E-state index in [2.05, 4.69) is 31.3 Å². The highest BCUT2D eigenvalue weighted by atomic mass is 16.3. The Labute approximate surface area is 110 Å². The third-order valence-electron chi connectivity index (χ3n) is 4.00. The molecule has 3 unspecified atom stereocenters. The van der Waals surface area contributed by atoms with Crippen LogP contribution in [0, 0.1) is 11.8 Å². The van der Waals surface area contributed by atoms with Crippen molar-refractivity contribution in [2.45, 2.75) is 45.2 Å². The Bertz CT molecular complexity index is 341. The first-order valence-corrected chi connectivity index (χ1v) is 7.11. The fraction of sp³-hybridized carbons (Fsp3) is 0.625. The molecule has 100 valence electrons. The summed E-state index contributed by atoms with van der Waals surface area (Å²) in [6, 6.07) is 10.9. The molecule has 2 heteroatoms. The van der Waals surface area contributed by atoms with Gasteiger partial charge in [-0.25, -0.2) is 0 Å². The van der Waals surface area contributed by atoms with Crippen LogP contribution in [0.4, 0.5) is 0 Å². The van der Waals surface area contributed by atoms with E-state index in [0.717, 1.165) is 11.8 Å². The van der Waals surface area contributed by atoms with E-state index >= 15 is 0 Å². The van der Waals surface area contributed by atoms with Gasteiger partial charge in [0.2, 0.25) is 0 Å². The van der Waals surface area contributed by atoms with Crippen LogP contribution in [-0.4, -0.2) is 17.8 Å². The maximum absolute atomic E-state index is 9.58. The van der Waals surface area contributed by atoms with E-state index in [0.29, 0.717) is 6.04 Å². The van der Waals surface area contributed by atoms with Crippen molar-refractivity contribution in [2.24, 2.45) is 11.8 Å². The molecule has 0 saturated heterocycles. The standard InChI is InChI=1S/C16H25NO/c1-12-8-13(2)10-15(9-12)17-16(11-18)14-6-4-3-5-7-14/h3-7,12-13,15-18H,8-11H2,1-2H3. The zero-order chi connectivity index (χ0) is 13.0. The van der Waals surface area contributed by atoms with Crippen LogP contribution >= 0.6 is 0 Å². The van der Waals surface area contributed by atoms with E-state index in [4.69, 9.17) is 0 Å². The first-order chi connectivity index (χ1) is 8.69. The summed E-state index contributed by atoms with van der Waals surface area (Å²) in [6.07, 6.45) is 3.80. The molecule has 0 aromatic heterocycles. The summed E-state index contributed by atoms with van der Waals surface area (Å²) in [5, 5.41) is 13.2. The molecule has 1 aromatic rings. The normalized spacial score (nSPS) is 30.1. The lowest BCUT2D eigenvalue weighted by Crippen LogP contribution is -2.39. The van der Waals surface area contributed by atoms with Crippen LogP contribution in [-0.2, 0) is 0 Å². The summed E-state index contributed by atoms with van der Waals surface area (Å²) in [5.41, 5.74) is 1.19. The first kappa shape index (κ1) is 13.6. The molecule has 0 aliphatic heterocycles. The fourth-order valence-corrected chi connectivity index (χ4v) is 3.31. The Hall–Kier alpha value is -0.860. The van der Waals surface area contributed by atoms with E-state index in [1.54, 1.807) is 0 Å². The number of benzene rings is 1. The van der Waals surface area contributed by atoms with Gasteiger partial charge in [-0.2, -0.15) is 0 Å². The van der Waals surface area contributed by atoms with Crippen molar-refractivity contribution < 1.29 is 5.11 Å². The molecule has 1 aliphatic carbocycles. The van der Waals surface area contributed by atoms with Crippen LogP contribution in [0.15, 0.2) is 30.3 Å². The molecule has 2 nitrogen and oxygen atoms in total. The monoisotopic (exact) mass is 247 g/mol. The topological polar surface area (TPSA) is 32.3 Å². The number of rotatable bonds is 4. The van der Waals surface area contributed by atoms with Crippen molar-refractivity contribution in [1.82, 2.24) is 5.32 Å². The van der Waals surface area contributed by atoms with Gasteiger partial charge in [0.15, 0.2) is 0 Å². The van der Waals surface area contributed by atoms with E-state index in [9.17, 15) is 5.11 Å². The molecular formula is C16H25NO. The van der Waals surface area contributed by atoms with Crippen molar-refractivity contribution in [2.75, 3.05) is 6.61 Å². The lowest BCUT2D eigenvalue weighted by molar-refractivity contribution is 0.187. The van der Waals surface area contributed by atoms with Gasteiger partial charge in [0.05, 0.1) is 12.6 Å². The predicted octanol–water partition coefficient (Wildman–Crippen LogP) is 3.13. The van der Waals surface area contributed by atoms with Crippen LogP contribution in [0.3, 0.4) is 0 Å². The molecule has 0 bridgehead atoms. The quantitative estimate of drug-likeness (QED) is 0.856. The van der Waals surface area contributed by atoms with Gasteiger partial charge in [0.1, 0.15) is 0 Å². The van der Waals surface area contributed by atoms with Gasteiger partial charge in [-0.3, -0.25) is 0 Å². The molecule has 0 spiro atoms. The van der Waals surface area contributed by atoms with Crippen molar-refractivity contribution in [1.29, 1.82) is 0 Å². The van der Waals surface area contributed by atoms with Crippen LogP contribution in [0.2, 0.25) is 0 Å². The van der Waals surface area contributed by atoms with Crippen molar-refractivity contribution in [3.8, 4) is 0 Å². The minimum absolute atomic E-state index is 0.0775. The summed E-state index contributed by atoms with van der Waals surface area (Å²) < 4.78 is 0. The van der Waals surface area contributed by atoms with Crippen LogP contribution in [0.25, 0.3) is 0 Å². The van der Waals surface area contributed by atoms with E-state index < -0.39 is 0 Å². The summed E-state index contributed by atoms with van der Waals surface area (Å²) in [6.45, 7) is 4.84. The summed E-state index contributed by atoms with van der Waals surface area (Å²) in [5.74, 6) is 1.59. The number of nitrogens with one attached hydrogen (secondary N) is 1. The van der Waals surface area contributed by atoms with Gasteiger partial charge in [0, 0.05) is 6.04 Å². The predicted molar refractivity (Wildman–Crippen MR) is 75.4 cm³/mol. The maximum Gasteiger partial charge on any atom is 0.0626 e. The molecule has 0 amide bonds.